The number of nitrogens with zero attached hydrogens (tertiary/aromatic N) is 2. The first-order valence-electron chi connectivity index (χ1n) is 9.15. The normalized spacial score (nSPS) is 19.5. The molecule has 1 spiro atoms. The standard InChI is InChI=1S/C21H17BrN4O/c22-12-1-3-14-16(7-12)21(5-6-21)9-18(14)24-13-2-4-17-15(8-13)20(26-25-17)19-10-23-11-27-19/h1-4,7-8,10-11,18,24H,5-6,9H2,(H,25,26). The second-order valence-corrected chi connectivity index (χ2v) is 8.53. The van der Waals surface area contributed by atoms with Crippen LogP contribution in [0.4, 0.5) is 5.69 Å². The van der Waals surface area contributed by atoms with E-state index in [1.165, 1.54) is 34.8 Å². The third kappa shape index (κ3) is 2.36. The van der Waals surface area contributed by atoms with Gasteiger partial charge < -0.3 is 9.73 Å². The number of oxazole rings is 1. The first-order valence-corrected chi connectivity index (χ1v) is 9.95. The molecular formula is C21H17BrN4O. The lowest BCUT2D eigenvalue weighted by atomic mass is 9.99. The number of hydrogen-bond acceptors (Lipinski definition) is 4. The number of benzene rings is 2. The highest BCUT2D eigenvalue weighted by atomic mass is 79.9. The Morgan fingerprint density at radius 1 is 1.19 bits per heavy atom. The van der Waals surface area contributed by atoms with Gasteiger partial charge in [0.25, 0.3) is 0 Å². The molecular weight excluding hydrogens is 404 g/mol. The largest absolute Gasteiger partial charge is 0.442 e. The maximum absolute atomic E-state index is 5.43. The molecule has 0 saturated heterocycles. The zero-order chi connectivity index (χ0) is 18.0. The Hall–Kier alpha value is -2.60. The number of H-pyrrole nitrogens is 1. The maximum atomic E-state index is 5.43. The van der Waals surface area contributed by atoms with E-state index in [2.05, 4.69) is 72.8 Å². The summed E-state index contributed by atoms with van der Waals surface area (Å²) in [5, 5.41) is 12.3. The van der Waals surface area contributed by atoms with Gasteiger partial charge in [-0.25, -0.2) is 4.98 Å². The number of hydrogen-bond donors (Lipinski definition) is 2. The van der Waals surface area contributed by atoms with E-state index in [-0.39, 0.29) is 0 Å². The van der Waals surface area contributed by atoms with Gasteiger partial charge in [-0.3, -0.25) is 5.10 Å². The monoisotopic (exact) mass is 420 g/mol. The molecule has 2 aliphatic rings. The van der Waals surface area contributed by atoms with Gasteiger partial charge in [0.15, 0.2) is 12.2 Å². The van der Waals surface area contributed by atoms with Gasteiger partial charge in [0.1, 0.15) is 5.69 Å². The summed E-state index contributed by atoms with van der Waals surface area (Å²) in [6.07, 6.45) is 6.88. The van der Waals surface area contributed by atoms with Crippen molar-refractivity contribution in [3.63, 3.8) is 0 Å². The highest BCUT2D eigenvalue weighted by Crippen LogP contribution is 2.60. The first kappa shape index (κ1) is 15.5. The molecule has 4 aromatic rings. The van der Waals surface area contributed by atoms with Crippen LogP contribution in [-0.4, -0.2) is 15.2 Å². The van der Waals surface area contributed by atoms with E-state index in [1.54, 1.807) is 6.20 Å². The Morgan fingerprint density at radius 2 is 2.11 bits per heavy atom. The lowest BCUT2D eigenvalue weighted by Gasteiger charge is -2.16. The highest BCUT2D eigenvalue weighted by molar-refractivity contribution is 9.10. The van der Waals surface area contributed by atoms with E-state index < -0.39 is 0 Å². The minimum atomic E-state index is 0.341. The molecule has 6 heteroatoms. The van der Waals surface area contributed by atoms with Crippen LogP contribution in [0.25, 0.3) is 22.4 Å². The van der Waals surface area contributed by atoms with E-state index in [4.69, 9.17) is 4.42 Å². The molecule has 2 aromatic carbocycles. The van der Waals surface area contributed by atoms with Crippen LogP contribution in [-0.2, 0) is 5.41 Å². The number of aromatic nitrogens is 3. The minimum Gasteiger partial charge on any atom is -0.442 e. The Labute approximate surface area is 164 Å². The lowest BCUT2D eigenvalue weighted by molar-refractivity contribution is 0.570. The molecule has 6 rings (SSSR count). The van der Waals surface area contributed by atoms with Crippen LogP contribution < -0.4 is 5.32 Å². The summed E-state index contributed by atoms with van der Waals surface area (Å²) in [6.45, 7) is 0. The molecule has 1 fully saturated rings. The zero-order valence-electron chi connectivity index (χ0n) is 14.5. The third-order valence-corrected chi connectivity index (χ3v) is 6.47. The fraction of sp³-hybridized carbons (Fsp3) is 0.238. The number of rotatable bonds is 3. The van der Waals surface area contributed by atoms with Crippen molar-refractivity contribution in [3.8, 4) is 11.5 Å². The van der Waals surface area contributed by atoms with Crippen LogP contribution in [0.2, 0.25) is 0 Å². The highest BCUT2D eigenvalue weighted by Gasteiger charge is 2.52. The quantitative estimate of drug-likeness (QED) is 0.454. The van der Waals surface area contributed by atoms with Crippen LogP contribution in [0.5, 0.6) is 0 Å². The van der Waals surface area contributed by atoms with Crippen LogP contribution in [0, 0.1) is 0 Å². The summed E-state index contributed by atoms with van der Waals surface area (Å²) < 4.78 is 6.61. The first-order chi connectivity index (χ1) is 13.2. The predicted molar refractivity (Wildman–Crippen MR) is 108 cm³/mol. The van der Waals surface area contributed by atoms with E-state index in [9.17, 15) is 0 Å². The molecule has 2 aromatic heterocycles. The molecule has 0 radical (unpaired) electrons. The topological polar surface area (TPSA) is 66.7 Å². The van der Waals surface area contributed by atoms with Crippen molar-refractivity contribution in [2.45, 2.75) is 30.7 Å². The van der Waals surface area contributed by atoms with Crippen molar-refractivity contribution >= 4 is 32.5 Å². The molecule has 2 aliphatic carbocycles. The number of nitrogens with one attached hydrogen (secondary N) is 2. The Morgan fingerprint density at radius 3 is 2.93 bits per heavy atom. The molecule has 1 saturated carbocycles. The lowest BCUT2D eigenvalue weighted by Crippen LogP contribution is -2.08. The molecule has 0 aliphatic heterocycles. The Bertz CT molecular complexity index is 1160. The summed E-state index contributed by atoms with van der Waals surface area (Å²) in [5.41, 5.74) is 6.21. The van der Waals surface area contributed by atoms with Crippen molar-refractivity contribution in [1.29, 1.82) is 0 Å². The third-order valence-electron chi connectivity index (χ3n) is 5.98. The number of halogens is 1. The molecule has 2 N–H and O–H groups in total. The van der Waals surface area contributed by atoms with Crippen molar-refractivity contribution in [1.82, 2.24) is 15.2 Å². The second kappa shape index (κ2) is 5.45. The van der Waals surface area contributed by atoms with Crippen molar-refractivity contribution in [2.24, 2.45) is 0 Å². The molecule has 1 atom stereocenters. The molecule has 0 bridgehead atoms. The Kier molecular flexibility index (Phi) is 3.12. The molecule has 1 unspecified atom stereocenters. The van der Waals surface area contributed by atoms with Crippen LogP contribution in [0.3, 0.4) is 0 Å². The summed E-state index contributed by atoms with van der Waals surface area (Å²) in [6, 6.07) is 13.4. The molecule has 134 valence electrons. The van der Waals surface area contributed by atoms with Gasteiger partial charge in [-0.2, -0.15) is 5.10 Å². The fourth-order valence-corrected chi connectivity index (χ4v) is 4.84. The van der Waals surface area contributed by atoms with Gasteiger partial charge in [-0.05, 0) is 66.1 Å². The number of anilines is 1. The average molecular weight is 421 g/mol. The summed E-state index contributed by atoms with van der Waals surface area (Å²) in [7, 11) is 0. The maximum Gasteiger partial charge on any atom is 0.181 e. The van der Waals surface area contributed by atoms with Gasteiger partial charge in [0.05, 0.1) is 17.8 Å². The molecule has 5 nitrogen and oxygen atoms in total. The van der Waals surface area contributed by atoms with E-state index in [1.807, 2.05) is 0 Å². The van der Waals surface area contributed by atoms with Crippen LogP contribution in [0.1, 0.15) is 36.4 Å². The van der Waals surface area contributed by atoms with Gasteiger partial charge >= 0.3 is 0 Å². The summed E-state index contributed by atoms with van der Waals surface area (Å²) >= 11 is 3.64. The van der Waals surface area contributed by atoms with Gasteiger partial charge in [0, 0.05) is 15.5 Å². The summed E-state index contributed by atoms with van der Waals surface area (Å²) in [5.74, 6) is 0.673. The number of aromatic amines is 1. The minimum absolute atomic E-state index is 0.341. The van der Waals surface area contributed by atoms with E-state index >= 15 is 0 Å². The molecule has 2 heterocycles. The van der Waals surface area contributed by atoms with Crippen molar-refractivity contribution < 1.29 is 4.42 Å². The van der Waals surface area contributed by atoms with Crippen LogP contribution >= 0.6 is 15.9 Å². The van der Waals surface area contributed by atoms with Gasteiger partial charge in [-0.15, -0.1) is 0 Å². The van der Waals surface area contributed by atoms with Gasteiger partial charge in [0.2, 0.25) is 0 Å². The smallest absolute Gasteiger partial charge is 0.181 e. The fourth-order valence-electron chi connectivity index (χ4n) is 4.48. The van der Waals surface area contributed by atoms with Crippen LogP contribution in [0.15, 0.2) is 57.9 Å². The van der Waals surface area contributed by atoms with Crippen molar-refractivity contribution in [3.05, 3.63) is 64.6 Å². The average Bonchev–Trinajstić information content (AvgIpc) is 3.01. The van der Waals surface area contributed by atoms with Gasteiger partial charge in [-0.1, -0.05) is 22.0 Å². The number of fused-ring (bicyclic) bond motifs is 3. The summed E-state index contributed by atoms with van der Waals surface area (Å²) in [4.78, 5) is 4.01. The Balaban J connectivity index is 1.38. The second-order valence-electron chi connectivity index (χ2n) is 7.61. The molecule has 27 heavy (non-hydrogen) atoms. The van der Waals surface area contributed by atoms with Crippen molar-refractivity contribution in [2.75, 3.05) is 5.32 Å². The zero-order valence-corrected chi connectivity index (χ0v) is 16.1. The van der Waals surface area contributed by atoms with E-state index in [0.29, 0.717) is 17.2 Å². The van der Waals surface area contributed by atoms with E-state index in [0.717, 1.165) is 28.7 Å². The predicted octanol–water partition coefficient (Wildman–Crippen LogP) is 5.57. The molecule has 0 amide bonds. The SMILES string of the molecule is Brc1ccc2c(c1)C1(CC1)CC2Nc1ccc2[nH]nc(-c3cnco3)c2c1.